The van der Waals surface area contributed by atoms with E-state index in [4.69, 9.17) is 19.4 Å². The van der Waals surface area contributed by atoms with E-state index in [0.29, 0.717) is 17.5 Å². The summed E-state index contributed by atoms with van der Waals surface area (Å²) in [5.74, 6) is 1.88. The monoisotopic (exact) mass is 733 g/mol. The quantitative estimate of drug-likeness (QED) is 0.171. The summed E-state index contributed by atoms with van der Waals surface area (Å²) in [6, 6.07) is 65.6. The first-order valence-electron chi connectivity index (χ1n) is 18.7. The lowest BCUT2D eigenvalue weighted by Gasteiger charge is -2.12. The largest absolute Gasteiger partial charge is 0.455 e. The standard InChI is InChI=1S/C51H31N3OS/c1-4-14-32(15-5-1)36-28-37(30-38(29-36)51-53-49(33-16-6-2-7-17-33)52-50(54-51)34-18-8-3-9-19-34)35-26-27-39-41-21-12-22-42(47(41)55-45(39)31-35)44-24-13-23-43-40-20-10-11-25-46(40)56-48(43)44/h1-31H. The van der Waals surface area contributed by atoms with E-state index < -0.39 is 0 Å². The first-order chi connectivity index (χ1) is 27.7. The smallest absolute Gasteiger partial charge is 0.164 e. The molecule has 3 aromatic heterocycles. The molecule has 4 nitrogen and oxygen atoms in total. The number of hydrogen-bond donors (Lipinski definition) is 0. The van der Waals surface area contributed by atoms with E-state index >= 15 is 0 Å². The molecule has 0 saturated carbocycles. The molecule has 0 fully saturated rings. The predicted molar refractivity (Wildman–Crippen MR) is 233 cm³/mol. The van der Waals surface area contributed by atoms with Gasteiger partial charge in [0.1, 0.15) is 11.2 Å². The minimum Gasteiger partial charge on any atom is -0.455 e. The number of thiophene rings is 1. The van der Waals surface area contributed by atoms with Crippen molar-refractivity contribution in [3.63, 3.8) is 0 Å². The second-order valence-electron chi connectivity index (χ2n) is 14.0. The fourth-order valence-corrected chi connectivity index (χ4v) is 9.04. The van der Waals surface area contributed by atoms with Crippen LogP contribution in [0.5, 0.6) is 0 Å². The molecule has 3 heterocycles. The SMILES string of the molecule is c1ccc(-c2cc(-c3ccc4c(c3)oc3c(-c5cccc6c5sc5ccccc56)cccc34)cc(-c3nc(-c4ccccc4)nc(-c4ccccc4)n3)c2)cc1. The molecule has 5 heteroatoms. The van der Waals surface area contributed by atoms with Gasteiger partial charge in [0.25, 0.3) is 0 Å². The van der Waals surface area contributed by atoms with Gasteiger partial charge >= 0.3 is 0 Å². The Kier molecular flexibility index (Phi) is 7.64. The van der Waals surface area contributed by atoms with E-state index in [-0.39, 0.29) is 0 Å². The van der Waals surface area contributed by atoms with Gasteiger partial charge in [-0.05, 0) is 58.7 Å². The van der Waals surface area contributed by atoms with Gasteiger partial charge < -0.3 is 4.42 Å². The molecule has 0 unspecified atom stereocenters. The van der Waals surface area contributed by atoms with Crippen molar-refractivity contribution in [2.75, 3.05) is 0 Å². The van der Waals surface area contributed by atoms with Crippen LogP contribution in [0.2, 0.25) is 0 Å². The summed E-state index contributed by atoms with van der Waals surface area (Å²) in [6.07, 6.45) is 0. The highest BCUT2D eigenvalue weighted by atomic mass is 32.1. The van der Waals surface area contributed by atoms with Gasteiger partial charge in [0.15, 0.2) is 17.5 Å². The second kappa shape index (κ2) is 13.3. The molecule has 0 amide bonds. The van der Waals surface area contributed by atoms with Crippen LogP contribution in [0, 0.1) is 0 Å². The first-order valence-corrected chi connectivity index (χ1v) is 19.5. The van der Waals surface area contributed by atoms with E-state index in [1.807, 2.05) is 78.1 Å². The number of benzene rings is 8. The third-order valence-corrected chi connectivity index (χ3v) is 11.7. The summed E-state index contributed by atoms with van der Waals surface area (Å²) in [7, 11) is 0. The minimum atomic E-state index is 0.613. The first kappa shape index (κ1) is 32.2. The van der Waals surface area contributed by atoms with Crippen molar-refractivity contribution in [2.24, 2.45) is 0 Å². The number of hydrogen-bond acceptors (Lipinski definition) is 5. The molecule has 11 rings (SSSR count). The van der Waals surface area contributed by atoms with Crippen molar-refractivity contribution in [1.29, 1.82) is 0 Å². The van der Waals surface area contributed by atoms with Gasteiger partial charge in [-0.2, -0.15) is 0 Å². The highest BCUT2D eigenvalue weighted by Crippen LogP contribution is 2.44. The van der Waals surface area contributed by atoms with Gasteiger partial charge in [0, 0.05) is 58.8 Å². The zero-order chi connectivity index (χ0) is 37.0. The van der Waals surface area contributed by atoms with Gasteiger partial charge in [-0.25, -0.2) is 15.0 Å². The van der Waals surface area contributed by atoms with Crippen LogP contribution in [-0.4, -0.2) is 15.0 Å². The molecule has 0 aliphatic heterocycles. The summed E-state index contributed by atoms with van der Waals surface area (Å²) in [5.41, 5.74) is 11.1. The molecule has 8 aromatic carbocycles. The van der Waals surface area contributed by atoms with E-state index in [1.54, 1.807) is 0 Å². The molecular weight excluding hydrogens is 703 g/mol. The molecule has 0 radical (unpaired) electrons. The predicted octanol–water partition coefficient (Wildman–Crippen LogP) is 14.1. The molecule has 56 heavy (non-hydrogen) atoms. The Morgan fingerprint density at radius 2 is 0.875 bits per heavy atom. The Balaban J connectivity index is 1.08. The maximum atomic E-state index is 6.85. The molecular formula is C51H31N3OS. The molecule has 0 aliphatic rings. The van der Waals surface area contributed by atoms with Crippen molar-refractivity contribution in [1.82, 2.24) is 15.0 Å². The van der Waals surface area contributed by atoms with Gasteiger partial charge in [0.2, 0.25) is 0 Å². The van der Waals surface area contributed by atoms with Crippen LogP contribution in [0.15, 0.2) is 192 Å². The second-order valence-corrected chi connectivity index (χ2v) is 15.0. The summed E-state index contributed by atoms with van der Waals surface area (Å²) < 4.78 is 9.42. The lowest BCUT2D eigenvalue weighted by atomic mass is 9.95. The third-order valence-electron chi connectivity index (χ3n) is 10.5. The van der Waals surface area contributed by atoms with Crippen LogP contribution >= 0.6 is 11.3 Å². The maximum absolute atomic E-state index is 6.85. The summed E-state index contributed by atoms with van der Waals surface area (Å²) in [4.78, 5) is 15.1. The average Bonchev–Trinajstić information content (AvgIpc) is 3.85. The zero-order valence-electron chi connectivity index (χ0n) is 30.1. The van der Waals surface area contributed by atoms with Gasteiger partial charge in [-0.1, -0.05) is 152 Å². The highest BCUT2D eigenvalue weighted by molar-refractivity contribution is 7.26. The minimum absolute atomic E-state index is 0.613. The van der Waals surface area contributed by atoms with Crippen LogP contribution in [0.1, 0.15) is 0 Å². The van der Waals surface area contributed by atoms with E-state index in [2.05, 4.69) is 121 Å². The van der Waals surface area contributed by atoms with Crippen LogP contribution < -0.4 is 0 Å². The van der Waals surface area contributed by atoms with E-state index in [9.17, 15) is 0 Å². The van der Waals surface area contributed by atoms with Crippen LogP contribution in [-0.2, 0) is 0 Å². The topological polar surface area (TPSA) is 51.8 Å². The number of nitrogens with zero attached hydrogens (tertiary/aromatic N) is 3. The Morgan fingerprint density at radius 3 is 1.57 bits per heavy atom. The Labute approximate surface area is 327 Å². The molecule has 262 valence electrons. The van der Waals surface area contributed by atoms with E-state index in [0.717, 1.165) is 66.4 Å². The summed E-state index contributed by atoms with van der Waals surface area (Å²) >= 11 is 1.84. The molecule has 0 saturated heterocycles. The Bertz CT molecular complexity index is 3180. The van der Waals surface area contributed by atoms with Crippen molar-refractivity contribution >= 4 is 53.4 Å². The molecule has 0 spiro atoms. The number of rotatable bonds is 6. The lowest BCUT2D eigenvalue weighted by molar-refractivity contribution is 0.670. The molecule has 11 aromatic rings. The van der Waals surface area contributed by atoms with Crippen molar-refractivity contribution in [3.8, 4) is 67.5 Å². The van der Waals surface area contributed by atoms with Gasteiger partial charge in [-0.3, -0.25) is 0 Å². The lowest BCUT2D eigenvalue weighted by Crippen LogP contribution is -2.00. The van der Waals surface area contributed by atoms with Crippen molar-refractivity contribution in [3.05, 3.63) is 188 Å². The number of para-hydroxylation sites is 1. The van der Waals surface area contributed by atoms with E-state index in [1.165, 1.54) is 25.7 Å². The van der Waals surface area contributed by atoms with Crippen LogP contribution in [0.4, 0.5) is 0 Å². The number of fused-ring (bicyclic) bond motifs is 6. The maximum Gasteiger partial charge on any atom is 0.164 e. The third kappa shape index (κ3) is 5.56. The van der Waals surface area contributed by atoms with Crippen molar-refractivity contribution in [2.45, 2.75) is 0 Å². The average molecular weight is 734 g/mol. The van der Waals surface area contributed by atoms with Crippen LogP contribution in [0.3, 0.4) is 0 Å². The highest BCUT2D eigenvalue weighted by Gasteiger charge is 2.18. The molecule has 0 bridgehead atoms. The molecule has 0 aliphatic carbocycles. The van der Waals surface area contributed by atoms with Gasteiger partial charge in [-0.15, -0.1) is 11.3 Å². The Hall–Kier alpha value is -7.21. The van der Waals surface area contributed by atoms with Crippen LogP contribution in [0.25, 0.3) is 110 Å². The fraction of sp³-hybridized carbons (Fsp3) is 0. The molecule has 0 N–H and O–H groups in total. The fourth-order valence-electron chi connectivity index (χ4n) is 7.81. The number of furan rings is 1. The Morgan fingerprint density at radius 1 is 0.339 bits per heavy atom. The molecule has 0 atom stereocenters. The number of aromatic nitrogens is 3. The zero-order valence-corrected chi connectivity index (χ0v) is 30.9. The van der Waals surface area contributed by atoms with Gasteiger partial charge in [0.05, 0.1) is 0 Å². The normalized spacial score (nSPS) is 11.6. The summed E-state index contributed by atoms with van der Waals surface area (Å²) in [6.45, 7) is 0. The summed E-state index contributed by atoms with van der Waals surface area (Å²) in [5, 5.41) is 4.76. The van der Waals surface area contributed by atoms with Crippen molar-refractivity contribution < 1.29 is 4.42 Å².